The summed E-state index contributed by atoms with van der Waals surface area (Å²) in [6, 6.07) is 3.69. The molecule has 0 fully saturated rings. The molecule has 0 aromatic heterocycles. The smallest absolute Gasteiger partial charge is 0.0632 e. The number of nitriles is 2. The van der Waals surface area contributed by atoms with Crippen LogP contribution in [-0.2, 0) is 0 Å². The molecule has 0 radical (unpaired) electrons. The normalized spacial score (nSPS) is 4.86. The van der Waals surface area contributed by atoms with Crippen LogP contribution in [0, 0.1) is 22.7 Å². The lowest BCUT2D eigenvalue weighted by atomic mass is 10.4. The van der Waals surface area contributed by atoms with E-state index in [0.717, 1.165) is 0 Å². The predicted octanol–water partition coefficient (Wildman–Crippen LogP) is 0.976. The fourth-order valence-electron chi connectivity index (χ4n) is 0.112. The standard InChI is InChI=1S/C4H4N2.H3N/c5-3-1-2-4-6;/h1-2H2;1H3. The predicted molar refractivity (Wildman–Crippen MR) is 25.5 cm³/mol. The molecule has 0 aliphatic heterocycles. The highest BCUT2D eigenvalue weighted by atomic mass is 14.2. The summed E-state index contributed by atoms with van der Waals surface area (Å²) >= 11 is 0. The maximum atomic E-state index is 7.80. The van der Waals surface area contributed by atoms with Gasteiger partial charge in [-0.25, -0.2) is 0 Å². The Morgan fingerprint density at radius 2 is 1.29 bits per heavy atom. The summed E-state index contributed by atoms with van der Waals surface area (Å²) in [7, 11) is 0. The second kappa shape index (κ2) is 8.87. The summed E-state index contributed by atoms with van der Waals surface area (Å²) in [5.74, 6) is 0. The number of hydrogen-bond acceptors (Lipinski definition) is 3. The molecule has 0 rings (SSSR count). The van der Waals surface area contributed by atoms with Gasteiger partial charge in [0.05, 0.1) is 12.1 Å². The molecule has 0 saturated heterocycles. The monoisotopic (exact) mass is 97.1 g/mol. The highest BCUT2D eigenvalue weighted by Crippen LogP contribution is 1.78. The van der Waals surface area contributed by atoms with Crippen LogP contribution >= 0.6 is 0 Å². The number of nitrogens with zero attached hydrogens (tertiary/aromatic N) is 2. The molecule has 0 saturated carbocycles. The van der Waals surface area contributed by atoms with E-state index in [4.69, 9.17) is 10.5 Å². The Balaban J connectivity index is 0. The average Bonchev–Trinajstić information content (AvgIpc) is 1.61. The molecular weight excluding hydrogens is 90.1 g/mol. The highest BCUT2D eigenvalue weighted by molar-refractivity contribution is 4.78. The zero-order valence-electron chi connectivity index (χ0n) is 4.02. The Morgan fingerprint density at radius 1 is 1.00 bits per heavy atom. The molecule has 3 heteroatoms. The molecule has 3 nitrogen and oxygen atoms in total. The molecule has 0 aliphatic carbocycles. The van der Waals surface area contributed by atoms with E-state index in [-0.39, 0.29) is 6.15 Å². The third kappa shape index (κ3) is 11.3. The first-order valence-corrected chi connectivity index (χ1v) is 1.65. The van der Waals surface area contributed by atoms with E-state index in [1.165, 1.54) is 0 Å². The van der Waals surface area contributed by atoms with E-state index in [2.05, 4.69) is 0 Å². The molecule has 0 atom stereocenters. The molecular formula is C4H7N3. The van der Waals surface area contributed by atoms with Crippen molar-refractivity contribution in [1.82, 2.24) is 6.15 Å². The second-order valence-electron chi connectivity index (χ2n) is 0.816. The van der Waals surface area contributed by atoms with E-state index in [1.54, 1.807) is 0 Å². The Morgan fingerprint density at radius 3 is 1.43 bits per heavy atom. The summed E-state index contributed by atoms with van der Waals surface area (Å²) in [5, 5.41) is 15.6. The molecule has 7 heavy (non-hydrogen) atoms. The third-order valence-corrected chi connectivity index (χ3v) is 0.349. The van der Waals surface area contributed by atoms with Crippen LogP contribution in [0.3, 0.4) is 0 Å². The van der Waals surface area contributed by atoms with Gasteiger partial charge in [-0.05, 0) is 0 Å². The van der Waals surface area contributed by atoms with Gasteiger partial charge in [-0.15, -0.1) is 0 Å². The summed E-state index contributed by atoms with van der Waals surface area (Å²) in [4.78, 5) is 0. The van der Waals surface area contributed by atoms with Gasteiger partial charge in [-0.3, -0.25) is 0 Å². The van der Waals surface area contributed by atoms with Gasteiger partial charge in [-0.2, -0.15) is 10.5 Å². The van der Waals surface area contributed by atoms with Crippen molar-refractivity contribution in [2.24, 2.45) is 0 Å². The molecule has 0 aromatic carbocycles. The Hall–Kier alpha value is -1.06. The van der Waals surface area contributed by atoms with Gasteiger partial charge in [0, 0.05) is 12.8 Å². The van der Waals surface area contributed by atoms with E-state index in [1.807, 2.05) is 12.1 Å². The van der Waals surface area contributed by atoms with Crippen molar-refractivity contribution in [1.29, 1.82) is 10.5 Å². The summed E-state index contributed by atoms with van der Waals surface area (Å²) < 4.78 is 0. The molecule has 0 spiro atoms. The van der Waals surface area contributed by atoms with Crippen LogP contribution in [0.5, 0.6) is 0 Å². The van der Waals surface area contributed by atoms with Crippen LogP contribution in [-0.4, -0.2) is 0 Å². The van der Waals surface area contributed by atoms with Crippen molar-refractivity contribution in [3.8, 4) is 12.1 Å². The minimum absolute atomic E-state index is 0. The molecule has 0 aliphatic rings. The molecule has 38 valence electrons. The maximum absolute atomic E-state index is 7.80. The lowest BCUT2D eigenvalue weighted by Crippen LogP contribution is -1.58. The van der Waals surface area contributed by atoms with Crippen molar-refractivity contribution in [3.63, 3.8) is 0 Å². The maximum Gasteiger partial charge on any atom is 0.0632 e. The fraction of sp³-hybridized carbons (Fsp3) is 0.500. The molecule has 0 amide bonds. The number of hydrogen-bond donors (Lipinski definition) is 1. The van der Waals surface area contributed by atoms with Gasteiger partial charge in [-0.1, -0.05) is 0 Å². The van der Waals surface area contributed by atoms with Gasteiger partial charge >= 0.3 is 0 Å². The lowest BCUT2D eigenvalue weighted by molar-refractivity contribution is 1.07. The molecule has 0 bridgehead atoms. The van der Waals surface area contributed by atoms with Crippen LogP contribution in [0.15, 0.2) is 0 Å². The van der Waals surface area contributed by atoms with Crippen molar-refractivity contribution in [3.05, 3.63) is 0 Å². The largest absolute Gasteiger partial charge is 0.344 e. The fourth-order valence-corrected chi connectivity index (χ4v) is 0.112. The molecule has 3 N–H and O–H groups in total. The topological polar surface area (TPSA) is 82.6 Å². The quantitative estimate of drug-likeness (QED) is 0.495. The van der Waals surface area contributed by atoms with Gasteiger partial charge in [0.2, 0.25) is 0 Å². The minimum Gasteiger partial charge on any atom is -0.344 e. The van der Waals surface area contributed by atoms with E-state index in [9.17, 15) is 0 Å². The summed E-state index contributed by atoms with van der Waals surface area (Å²) in [6.07, 6.45) is 0.715. The van der Waals surface area contributed by atoms with Gasteiger partial charge in [0.25, 0.3) is 0 Å². The lowest BCUT2D eigenvalue weighted by Gasteiger charge is -1.63. The Labute approximate surface area is 42.8 Å². The Bertz CT molecular complexity index is 80.5. The number of rotatable bonds is 1. The molecule has 0 unspecified atom stereocenters. The van der Waals surface area contributed by atoms with Gasteiger partial charge in [0.15, 0.2) is 0 Å². The van der Waals surface area contributed by atoms with Crippen molar-refractivity contribution in [2.45, 2.75) is 12.8 Å². The SMILES string of the molecule is N.N#CCCC#N. The summed E-state index contributed by atoms with van der Waals surface area (Å²) in [5.41, 5.74) is 0. The zero-order valence-corrected chi connectivity index (χ0v) is 4.02. The zero-order chi connectivity index (χ0) is 4.83. The average molecular weight is 97.1 g/mol. The first-order valence-electron chi connectivity index (χ1n) is 1.65. The van der Waals surface area contributed by atoms with Crippen LogP contribution in [0.25, 0.3) is 0 Å². The Kier molecular flexibility index (Phi) is 11.8. The highest BCUT2D eigenvalue weighted by Gasteiger charge is 1.72. The van der Waals surface area contributed by atoms with Crippen LogP contribution in [0.1, 0.15) is 12.8 Å². The summed E-state index contributed by atoms with van der Waals surface area (Å²) in [6.45, 7) is 0. The van der Waals surface area contributed by atoms with E-state index >= 15 is 0 Å². The van der Waals surface area contributed by atoms with Gasteiger partial charge < -0.3 is 6.15 Å². The van der Waals surface area contributed by atoms with Crippen LogP contribution in [0.4, 0.5) is 0 Å². The minimum atomic E-state index is 0. The second-order valence-corrected chi connectivity index (χ2v) is 0.816. The van der Waals surface area contributed by atoms with Crippen molar-refractivity contribution in [2.75, 3.05) is 0 Å². The van der Waals surface area contributed by atoms with Crippen LogP contribution < -0.4 is 6.15 Å². The third-order valence-electron chi connectivity index (χ3n) is 0.349. The molecule has 0 heterocycles. The van der Waals surface area contributed by atoms with E-state index < -0.39 is 0 Å². The van der Waals surface area contributed by atoms with Gasteiger partial charge in [0.1, 0.15) is 0 Å². The van der Waals surface area contributed by atoms with Crippen molar-refractivity contribution >= 4 is 0 Å². The molecule has 0 aromatic rings. The van der Waals surface area contributed by atoms with Crippen LogP contribution in [0.2, 0.25) is 0 Å². The van der Waals surface area contributed by atoms with E-state index in [0.29, 0.717) is 12.8 Å². The van der Waals surface area contributed by atoms with Crippen molar-refractivity contribution < 1.29 is 0 Å². The first kappa shape index (κ1) is 9.34. The number of unbranched alkanes of at least 4 members (excludes halogenated alkanes) is 1. The first-order chi connectivity index (χ1) is 2.91.